The Morgan fingerprint density at radius 3 is 2.70 bits per heavy atom. The molecule has 23 heavy (non-hydrogen) atoms. The number of aryl methyl sites for hydroxylation is 2. The summed E-state index contributed by atoms with van der Waals surface area (Å²) in [5.41, 5.74) is 2.88. The molecule has 1 saturated heterocycles. The van der Waals surface area contributed by atoms with Crippen molar-refractivity contribution in [1.82, 2.24) is 10.2 Å². The van der Waals surface area contributed by atoms with Crippen LogP contribution < -0.4 is 5.32 Å². The van der Waals surface area contributed by atoms with E-state index in [1.807, 2.05) is 36.9 Å². The first-order valence-corrected chi connectivity index (χ1v) is 8.64. The molecule has 1 aliphatic rings. The van der Waals surface area contributed by atoms with E-state index in [-0.39, 0.29) is 5.91 Å². The van der Waals surface area contributed by atoms with E-state index in [0.717, 1.165) is 61.0 Å². The van der Waals surface area contributed by atoms with Gasteiger partial charge in [-0.1, -0.05) is 25.1 Å². The summed E-state index contributed by atoms with van der Waals surface area (Å²) in [5.74, 6) is 0.563. The molecule has 3 rings (SSSR count). The first-order valence-electron chi connectivity index (χ1n) is 8.64. The maximum Gasteiger partial charge on any atom is 0.290 e. The summed E-state index contributed by atoms with van der Waals surface area (Å²) in [6.45, 7) is 8.89. The third-order valence-electron chi connectivity index (χ3n) is 4.83. The minimum absolute atomic E-state index is 0.0480. The highest BCUT2D eigenvalue weighted by Crippen LogP contribution is 2.29. The van der Waals surface area contributed by atoms with E-state index in [9.17, 15) is 4.79 Å². The fraction of sp³-hybridized carbons (Fsp3) is 0.526. The number of furan rings is 1. The molecule has 0 atom stereocenters. The number of hydrogen-bond donors (Lipinski definition) is 1. The van der Waals surface area contributed by atoms with Crippen LogP contribution in [0.1, 0.15) is 47.9 Å². The number of carbonyl (C=O) groups excluding carboxylic acids is 1. The number of carbonyl (C=O) groups is 1. The van der Waals surface area contributed by atoms with E-state index < -0.39 is 0 Å². The molecular formula is C19H26N2O2. The second-order valence-corrected chi connectivity index (χ2v) is 6.49. The molecule has 1 N–H and O–H groups in total. The summed E-state index contributed by atoms with van der Waals surface area (Å²) >= 11 is 0. The van der Waals surface area contributed by atoms with Gasteiger partial charge in [-0.05, 0) is 51.8 Å². The maximum absolute atomic E-state index is 13.1. The van der Waals surface area contributed by atoms with Gasteiger partial charge in [0, 0.05) is 23.5 Å². The van der Waals surface area contributed by atoms with Gasteiger partial charge in [-0.3, -0.25) is 4.79 Å². The van der Waals surface area contributed by atoms with Gasteiger partial charge in [0.15, 0.2) is 5.76 Å². The molecule has 124 valence electrons. The number of hydrogen-bond acceptors (Lipinski definition) is 3. The monoisotopic (exact) mass is 314 g/mol. The fourth-order valence-electron chi connectivity index (χ4n) is 3.53. The summed E-state index contributed by atoms with van der Waals surface area (Å²) in [6.07, 6.45) is 3.00. The van der Waals surface area contributed by atoms with E-state index >= 15 is 0 Å². The van der Waals surface area contributed by atoms with Gasteiger partial charge in [-0.15, -0.1) is 0 Å². The zero-order valence-electron chi connectivity index (χ0n) is 14.3. The molecule has 1 aliphatic heterocycles. The molecule has 0 radical (unpaired) electrons. The second kappa shape index (κ2) is 6.75. The Morgan fingerprint density at radius 2 is 2.04 bits per heavy atom. The van der Waals surface area contributed by atoms with Gasteiger partial charge in [-0.25, -0.2) is 0 Å². The van der Waals surface area contributed by atoms with Crippen molar-refractivity contribution >= 4 is 16.9 Å². The number of para-hydroxylation sites is 1. The zero-order chi connectivity index (χ0) is 16.4. The van der Waals surface area contributed by atoms with Crippen molar-refractivity contribution in [3.05, 3.63) is 35.1 Å². The van der Waals surface area contributed by atoms with Crippen molar-refractivity contribution in [2.75, 3.05) is 19.6 Å². The highest BCUT2D eigenvalue weighted by Gasteiger charge is 2.29. The summed E-state index contributed by atoms with van der Waals surface area (Å²) < 4.78 is 6.00. The number of nitrogens with zero attached hydrogens (tertiary/aromatic N) is 1. The normalized spacial score (nSPS) is 16.0. The Morgan fingerprint density at radius 1 is 1.30 bits per heavy atom. The molecule has 0 unspecified atom stereocenters. The van der Waals surface area contributed by atoms with E-state index in [0.29, 0.717) is 11.8 Å². The molecule has 0 spiro atoms. The molecule has 0 bridgehead atoms. The lowest BCUT2D eigenvalue weighted by atomic mass is 10.0. The summed E-state index contributed by atoms with van der Waals surface area (Å²) in [5, 5.41) is 4.42. The Labute approximate surface area is 137 Å². The van der Waals surface area contributed by atoms with Crippen LogP contribution in [0.15, 0.2) is 22.6 Å². The van der Waals surface area contributed by atoms with Crippen LogP contribution in [0.25, 0.3) is 11.0 Å². The van der Waals surface area contributed by atoms with E-state index in [2.05, 4.69) is 12.2 Å². The van der Waals surface area contributed by atoms with Gasteiger partial charge < -0.3 is 14.6 Å². The van der Waals surface area contributed by atoms with Crippen LogP contribution in [0, 0.1) is 13.8 Å². The van der Waals surface area contributed by atoms with Crippen molar-refractivity contribution in [2.45, 2.75) is 46.1 Å². The number of nitrogens with one attached hydrogen (secondary N) is 1. The third-order valence-corrected chi connectivity index (χ3v) is 4.83. The van der Waals surface area contributed by atoms with Crippen molar-refractivity contribution < 1.29 is 9.21 Å². The smallest absolute Gasteiger partial charge is 0.290 e. The molecule has 0 aliphatic carbocycles. The average Bonchev–Trinajstić information content (AvgIpc) is 2.91. The van der Waals surface area contributed by atoms with Crippen LogP contribution >= 0.6 is 0 Å². The lowest BCUT2D eigenvalue weighted by molar-refractivity contribution is 0.0611. The van der Waals surface area contributed by atoms with Crippen LogP contribution in [0.5, 0.6) is 0 Å². The minimum atomic E-state index is 0.0480. The van der Waals surface area contributed by atoms with Crippen LogP contribution in [0.4, 0.5) is 0 Å². The Kier molecular flexibility index (Phi) is 4.71. The van der Waals surface area contributed by atoms with E-state index in [1.165, 1.54) is 0 Å². The first kappa shape index (κ1) is 16.1. The van der Waals surface area contributed by atoms with Gasteiger partial charge in [0.2, 0.25) is 0 Å². The first-order chi connectivity index (χ1) is 11.1. The lowest BCUT2D eigenvalue weighted by Crippen LogP contribution is -2.46. The van der Waals surface area contributed by atoms with Crippen molar-refractivity contribution in [3.8, 4) is 0 Å². The number of amides is 1. The largest absolute Gasteiger partial charge is 0.450 e. The predicted molar refractivity (Wildman–Crippen MR) is 92.9 cm³/mol. The Bertz CT molecular complexity index is 699. The Balaban J connectivity index is 1.96. The number of benzene rings is 1. The van der Waals surface area contributed by atoms with Crippen LogP contribution in [-0.4, -0.2) is 36.5 Å². The van der Waals surface area contributed by atoms with E-state index in [4.69, 9.17) is 4.42 Å². The molecule has 1 aromatic heterocycles. The summed E-state index contributed by atoms with van der Waals surface area (Å²) in [6, 6.07) is 6.39. The molecular weight excluding hydrogens is 288 g/mol. The number of piperidine rings is 1. The predicted octanol–water partition coefficient (Wildman–Crippen LogP) is 3.65. The number of rotatable bonds is 4. The fourth-order valence-corrected chi connectivity index (χ4v) is 3.53. The maximum atomic E-state index is 13.1. The third kappa shape index (κ3) is 3.00. The van der Waals surface area contributed by atoms with Crippen LogP contribution in [0.3, 0.4) is 0 Å². The standard InChI is InChI=1S/C19H26N2O2/c1-4-12-21(15-8-10-20-11-9-15)19(22)18-14(3)16-7-5-6-13(2)17(16)23-18/h5-7,15,20H,4,8-12H2,1-3H3. The second-order valence-electron chi connectivity index (χ2n) is 6.49. The van der Waals surface area contributed by atoms with Gasteiger partial charge in [-0.2, -0.15) is 0 Å². The summed E-state index contributed by atoms with van der Waals surface area (Å²) in [4.78, 5) is 15.2. The molecule has 2 heterocycles. The quantitative estimate of drug-likeness (QED) is 0.937. The molecule has 1 fully saturated rings. The van der Waals surface area contributed by atoms with Gasteiger partial charge >= 0.3 is 0 Å². The van der Waals surface area contributed by atoms with Crippen LogP contribution in [-0.2, 0) is 0 Å². The van der Waals surface area contributed by atoms with E-state index in [1.54, 1.807) is 0 Å². The Hall–Kier alpha value is -1.81. The lowest BCUT2D eigenvalue weighted by Gasteiger charge is -2.34. The minimum Gasteiger partial charge on any atom is -0.450 e. The van der Waals surface area contributed by atoms with Gasteiger partial charge in [0.1, 0.15) is 5.58 Å². The molecule has 0 saturated carbocycles. The SMILES string of the molecule is CCCN(C(=O)c1oc2c(C)cccc2c1C)C1CCNCC1. The van der Waals surface area contributed by atoms with Crippen LogP contribution in [0.2, 0.25) is 0 Å². The molecule has 2 aromatic rings. The van der Waals surface area contributed by atoms with Gasteiger partial charge in [0.05, 0.1) is 0 Å². The van der Waals surface area contributed by atoms with Crippen molar-refractivity contribution in [3.63, 3.8) is 0 Å². The highest BCUT2D eigenvalue weighted by molar-refractivity contribution is 5.99. The highest BCUT2D eigenvalue weighted by atomic mass is 16.3. The average molecular weight is 314 g/mol. The zero-order valence-corrected chi connectivity index (χ0v) is 14.3. The molecule has 4 heteroatoms. The van der Waals surface area contributed by atoms with Gasteiger partial charge in [0.25, 0.3) is 5.91 Å². The van der Waals surface area contributed by atoms with Crippen molar-refractivity contribution in [2.24, 2.45) is 0 Å². The number of fused-ring (bicyclic) bond motifs is 1. The topological polar surface area (TPSA) is 45.5 Å². The molecule has 1 aromatic carbocycles. The van der Waals surface area contributed by atoms with Crippen molar-refractivity contribution in [1.29, 1.82) is 0 Å². The summed E-state index contributed by atoms with van der Waals surface area (Å²) in [7, 11) is 0. The molecule has 4 nitrogen and oxygen atoms in total. The molecule has 1 amide bonds.